The van der Waals surface area contributed by atoms with Gasteiger partial charge in [0.2, 0.25) is 11.1 Å². The number of aromatic nitrogens is 8. The van der Waals surface area contributed by atoms with Crippen LogP contribution in [0.2, 0.25) is 0 Å². The molecule has 0 atom stereocenters. The number of alkyl halides is 2. The molecule has 10 N–H and O–H groups in total. The predicted octanol–water partition coefficient (Wildman–Crippen LogP) is 5.82. The summed E-state index contributed by atoms with van der Waals surface area (Å²) < 4.78 is 5.74. The first kappa shape index (κ1) is 108. The molecule has 0 radical (unpaired) electrons. The van der Waals surface area contributed by atoms with E-state index in [1.165, 1.54) is 9.36 Å². The largest absolute Gasteiger partial charge is 1.00 e. The van der Waals surface area contributed by atoms with Crippen LogP contribution in [-0.4, -0.2) is 144 Å². The number of halogens is 7. The van der Waals surface area contributed by atoms with Crippen molar-refractivity contribution in [3.05, 3.63) is 168 Å². The number of carbonyl (C=O) groups excluding carboxylic acids is 8. The zero-order valence-electron chi connectivity index (χ0n) is 57.5. The van der Waals surface area contributed by atoms with Gasteiger partial charge in [-0.05, 0) is 156 Å². The first-order chi connectivity index (χ1) is 46.3. The molecule has 6 aromatic heterocycles. The first-order valence-electron chi connectivity index (χ1n) is 29.7. The molecule has 3 amide bonds. The minimum absolute atomic E-state index is 0. The molecule has 556 valence electrons. The van der Waals surface area contributed by atoms with Crippen LogP contribution in [0.25, 0.3) is 21.8 Å². The van der Waals surface area contributed by atoms with Crippen LogP contribution < -0.4 is 136 Å². The molecule has 35 heteroatoms. The summed E-state index contributed by atoms with van der Waals surface area (Å²) in [5.41, 5.74) is 24.8. The van der Waals surface area contributed by atoms with E-state index in [-0.39, 0.29) is 205 Å². The second-order valence-corrected chi connectivity index (χ2v) is 26.3. The summed E-state index contributed by atoms with van der Waals surface area (Å²) in [5.74, 6) is -1.54. The third kappa shape index (κ3) is 48.9. The van der Waals surface area contributed by atoms with Gasteiger partial charge in [0.15, 0.2) is 11.4 Å². The van der Waals surface area contributed by atoms with E-state index in [9.17, 15) is 38.4 Å². The number of para-hydroxylation sites is 2. The van der Waals surface area contributed by atoms with Crippen LogP contribution in [0.1, 0.15) is 129 Å². The Morgan fingerprint density at radius 1 is 0.592 bits per heavy atom. The van der Waals surface area contributed by atoms with Crippen LogP contribution in [-0.2, 0) is 70.8 Å². The SMILES string of the molecule is C.C.C.CC(C)N.CC(C)N(CCC(=O)Cc1cccc(Br)n1)C(=O)Cn1nc(C(N)=O)c2ccccc21.CC(C)NCCC(=O)Cc1cccc(Br)n1.NC(=O)c1nn(CC(=O)O)c2ccccc12.Nc1cccc(Br)n1.O=C(CCBr)Cc1cccc(Br)n1.O=C(Cl)CCBr.O=CO[O-].[H-].[K+].[K+]. The second kappa shape index (κ2) is 62.1. The van der Waals surface area contributed by atoms with E-state index >= 15 is 0 Å². The Bertz CT molecular complexity index is 3830. The average Bonchev–Trinajstić information content (AvgIpc) is 1.65. The molecule has 0 bridgehead atoms. The second-order valence-electron chi connectivity index (χ2n) is 21.0. The van der Waals surface area contributed by atoms with Crippen LogP contribution in [0.3, 0.4) is 0 Å². The Morgan fingerprint density at radius 3 is 1.25 bits per heavy atom. The number of aliphatic carboxylic acids is 1. The van der Waals surface area contributed by atoms with Gasteiger partial charge in [-0.25, -0.2) is 19.9 Å². The van der Waals surface area contributed by atoms with Crippen molar-refractivity contribution < 1.29 is 163 Å². The van der Waals surface area contributed by atoms with E-state index in [1.54, 1.807) is 65.6 Å². The third-order valence-corrected chi connectivity index (χ3v) is 14.5. The number of hydrogen-bond donors (Lipinski definition) is 6. The van der Waals surface area contributed by atoms with Gasteiger partial charge in [-0.2, -0.15) is 10.2 Å². The van der Waals surface area contributed by atoms with E-state index in [0.29, 0.717) is 94.0 Å². The van der Waals surface area contributed by atoms with Gasteiger partial charge in [0.1, 0.15) is 54.7 Å². The van der Waals surface area contributed by atoms with Gasteiger partial charge in [-0.1, -0.05) is 142 Å². The molecule has 0 fully saturated rings. The third-order valence-electron chi connectivity index (χ3n) is 11.8. The van der Waals surface area contributed by atoms with Gasteiger partial charge in [-0.3, -0.25) is 52.5 Å². The maximum atomic E-state index is 13.0. The molecule has 0 aliphatic heterocycles. The molecule has 0 spiro atoms. The topological polar surface area (TPSA) is 413 Å². The number of anilines is 1. The molecular formula is C68H91Br6ClK2N14O12. The molecule has 0 aliphatic carbocycles. The monoisotopic (exact) mass is 1880 g/mol. The fraction of sp³-hybridized carbons (Fsp3) is 0.368. The molecule has 6 heterocycles. The molecule has 2 aromatic carbocycles. The number of pyridine rings is 4. The predicted molar refractivity (Wildman–Crippen MR) is 417 cm³/mol. The zero-order valence-corrected chi connectivity index (χ0v) is 73.0. The number of carboxylic acid groups (broad SMARTS) is 1. The van der Waals surface area contributed by atoms with Crippen molar-refractivity contribution in [3.63, 3.8) is 0 Å². The van der Waals surface area contributed by atoms with Crippen LogP contribution in [0, 0.1) is 0 Å². The van der Waals surface area contributed by atoms with Crippen LogP contribution in [0.4, 0.5) is 5.82 Å². The fourth-order valence-electron chi connectivity index (χ4n) is 7.74. The Labute approximate surface area is 744 Å². The minimum atomic E-state index is -1.02. The molecular weight excluding hydrogens is 1800 g/mol. The normalized spacial score (nSPS) is 9.65. The zero-order chi connectivity index (χ0) is 73.9. The molecule has 26 nitrogen and oxygen atoms in total. The number of nitrogens with two attached hydrogens (primary N) is 4. The van der Waals surface area contributed by atoms with E-state index in [4.69, 9.17) is 49.7 Å². The van der Waals surface area contributed by atoms with Gasteiger partial charge < -0.3 is 49.8 Å². The number of hydrogen-bond acceptors (Lipinski definition) is 20. The van der Waals surface area contributed by atoms with Gasteiger partial charge in [0.25, 0.3) is 18.3 Å². The minimum Gasteiger partial charge on any atom is -1.00 e. The summed E-state index contributed by atoms with van der Waals surface area (Å²) in [6.45, 7) is 12.3. The fourth-order valence-corrected chi connectivity index (χ4v) is 10.4. The van der Waals surface area contributed by atoms with Crippen molar-refractivity contribution in [2.75, 3.05) is 29.5 Å². The van der Waals surface area contributed by atoms with E-state index in [1.807, 2.05) is 88.4 Å². The Morgan fingerprint density at radius 2 is 0.951 bits per heavy atom. The summed E-state index contributed by atoms with van der Waals surface area (Å²) >= 11 is 24.2. The van der Waals surface area contributed by atoms with Crippen molar-refractivity contribution in [2.24, 2.45) is 17.2 Å². The summed E-state index contributed by atoms with van der Waals surface area (Å²) in [4.78, 5) is 121. The number of nitrogen functional groups attached to an aromatic ring is 1. The summed E-state index contributed by atoms with van der Waals surface area (Å²) in [7, 11) is 0. The summed E-state index contributed by atoms with van der Waals surface area (Å²) in [5, 5.41) is 30.8. The number of carbonyl (C=O) groups is 9. The van der Waals surface area contributed by atoms with E-state index in [0.717, 1.165) is 37.1 Å². The van der Waals surface area contributed by atoms with Crippen molar-refractivity contribution >= 4 is 188 Å². The Hall–Kier alpha value is -3.87. The van der Waals surface area contributed by atoms with Gasteiger partial charge in [0.05, 0.1) is 11.0 Å². The average molecular weight is 1890 g/mol. The first-order valence-corrected chi connectivity index (χ1v) is 35.5. The van der Waals surface area contributed by atoms with Gasteiger partial charge in [-0.15, -0.1) is 0 Å². The standard InChI is InChI=1S/C22H24BrN5O3.C12H17BrN2O.C10H9N3O3.C9H9Br2NO.C5H5BrN2.C3H4BrClO.C3H9N.CH2O3.3CH4.2K.H/c1-14(2)27(11-10-16(29)12-15-6-5-9-19(23)25-15)20(30)13-28-18-8-4-3-7-17(18)21(26-28)22(24)31;1-9(2)14-7-6-11(16)8-10-4-3-5-12(13)15-10;11-10(16)9-6-3-1-2-4-7(6)13(12-9)5-8(14)15;10-5-4-8(13)6-7-2-1-3-9(11)12-7;6-4-2-1-3-5(7)8-4;4-2-1-3(5)6;1-3(2)4;2-1-4-3;;;;;;/h3-9,14H,10-13H2,1-2H3,(H2,24,31);3-5,9,14H,6-8H2,1-2H3;1-4H,5H2,(H2,11,16)(H,14,15);1-3H,4-6H2;1-3H,(H2,7,8);1-2H2;3H,4H2,1-2H3;1,3H;3*1H4;;;/q;;;;;;;;;;;2*+1;-1/p-1. The van der Waals surface area contributed by atoms with Gasteiger partial charge >= 0.3 is 109 Å². The molecule has 0 saturated carbocycles. The van der Waals surface area contributed by atoms with Crippen molar-refractivity contribution in [1.82, 2.24) is 49.7 Å². The molecule has 0 aliphatic rings. The number of fused-ring (bicyclic) bond motifs is 2. The molecule has 0 unspecified atom stereocenters. The maximum absolute atomic E-state index is 13.0. The Balaban J connectivity index is -0.000000285. The molecule has 0 saturated heterocycles. The summed E-state index contributed by atoms with van der Waals surface area (Å²) in [6, 6.07) is 36.7. The van der Waals surface area contributed by atoms with E-state index < -0.39 is 17.8 Å². The van der Waals surface area contributed by atoms with Crippen LogP contribution in [0.5, 0.6) is 0 Å². The number of rotatable bonds is 25. The maximum Gasteiger partial charge on any atom is 1.00 e. The smallest absolute Gasteiger partial charge is 1.00 e. The van der Waals surface area contributed by atoms with Crippen molar-refractivity contribution in [2.45, 2.75) is 140 Å². The van der Waals surface area contributed by atoms with Crippen molar-refractivity contribution in [1.29, 1.82) is 0 Å². The number of Topliss-reactive ketones (excluding diaryl/α,β-unsaturated/α-hetero) is 3. The molecule has 8 aromatic rings. The summed E-state index contributed by atoms with van der Waals surface area (Å²) in [6.07, 6.45) is 2.82. The number of carboxylic acids is 1. The quantitative estimate of drug-likeness (QED) is 0.00747. The van der Waals surface area contributed by atoms with Crippen LogP contribution >= 0.6 is 107 Å². The van der Waals surface area contributed by atoms with Crippen molar-refractivity contribution in [3.8, 4) is 0 Å². The molecule has 103 heavy (non-hydrogen) atoms. The van der Waals surface area contributed by atoms with Crippen LogP contribution in [0.15, 0.2) is 140 Å². The number of primary amides is 2. The number of ketones is 3. The Kier molecular flexibility index (Phi) is 64.9. The number of nitrogens with one attached hydrogen (secondary N) is 1. The number of nitrogens with zero attached hydrogens (tertiary/aromatic N) is 9. The van der Waals surface area contributed by atoms with E-state index in [2.05, 4.69) is 150 Å². The molecule has 8 rings (SSSR count). The number of amides is 3. The number of benzene rings is 2. The van der Waals surface area contributed by atoms with Gasteiger partial charge in [0, 0.05) is 109 Å².